The number of ether oxygens (including phenoxy) is 2. The van der Waals surface area contributed by atoms with Gasteiger partial charge in [-0.2, -0.15) is 0 Å². The number of hydrogen-bond acceptors (Lipinski definition) is 7. The minimum absolute atomic E-state index is 0.0986. The van der Waals surface area contributed by atoms with Gasteiger partial charge in [0, 0.05) is 0 Å². The summed E-state index contributed by atoms with van der Waals surface area (Å²) < 4.78 is 37.7. The maximum Gasteiger partial charge on any atom is 0.414 e. The highest BCUT2D eigenvalue weighted by Crippen LogP contribution is 2.33. The second-order valence-electron chi connectivity index (χ2n) is 5.48. The van der Waals surface area contributed by atoms with Crippen molar-refractivity contribution >= 4 is 33.2 Å². The molecule has 142 valence electrons. The Balaban J connectivity index is 2.02. The molecule has 1 amide bonds. The molecule has 0 saturated carbocycles. The van der Waals surface area contributed by atoms with Crippen LogP contribution in [0.3, 0.4) is 0 Å². The summed E-state index contributed by atoms with van der Waals surface area (Å²) in [4.78, 5) is 23.0. The van der Waals surface area contributed by atoms with Crippen molar-refractivity contribution in [1.29, 1.82) is 0 Å². The highest BCUT2D eigenvalue weighted by atomic mass is 32.2. The van der Waals surface area contributed by atoms with E-state index in [9.17, 15) is 23.3 Å². The number of nitrogens with zero attached hydrogens (tertiary/aromatic N) is 2. The zero-order chi connectivity index (χ0) is 19.6. The van der Waals surface area contributed by atoms with Crippen molar-refractivity contribution in [1.82, 2.24) is 0 Å². The number of benzene rings is 2. The number of hydrogen-bond donors (Lipinski definition) is 1. The van der Waals surface area contributed by atoms with E-state index >= 15 is 0 Å². The Morgan fingerprint density at radius 2 is 2.00 bits per heavy atom. The first-order chi connectivity index (χ1) is 12.8. The SMILES string of the molecule is COc1ccc(S(=O)(=O)Nc2ccccc2N2CCOC2=O)c([N+](=O)[O-])c1. The van der Waals surface area contributed by atoms with Crippen molar-refractivity contribution in [2.45, 2.75) is 4.90 Å². The number of nitrogens with one attached hydrogen (secondary N) is 1. The summed E-state index contributed by atoms with van der Waals surface area (Å²) in [5, 5.41) is 11.3. The van der Waals surface area contributed by atoms with Gasteiger partial charge in [0.25, 0.3) is 15.7 Å². The summed E-state index contributed by atoms with van der Waals surface area (Å²) in [6, 6.07) is 9.64. The predicted octanol–water partition coefficient (Wildman–Crippen LogP) is 2.36. The van der Waals surface area contributed by atoms with Crippen molar-refractivity contribution in [2.24, 2.45) is 0 Å². The molecule has 0 bridgehead atoms. The average molecular weight is 393 g/mol. The summed E-state index contributed by atoms with van der Waals surface area (Å²) in [5.41, 5.74) is -0.235. The monoisotopic (exact) mass is 393 g/mol. The number of rotatable bonds is 6. The van der Waals surface area contributed by atoms with Gasteiger partial charge in [-0.05, 0) is 24.3 Å². The Morgan fingerprint density at radius 3 is 2.63 bits per heavy atom. The van der Waals surface area contributed by atoms with Gasteiger partial charge >= 0.3 is 6.09 Å². The fraction of sp³-hybridized carbons (Fsp3) is 0.188. The molecule has 2 aromatic carbocycles. The summed E-state index contributed by atoms with van der Waals surface area (Å²) in [6.45, 7) is 0.449. The van der Waals surface area contributed by atoms with E-state index in [4.69, 9.17) is 9.47 Å². The molecule has 1 aliphatic rings. The first kappa shape index (κ1) is 18.5. The van der Waals surface area contributed by atoms with E-state index in [1.807, 2.05) is 0 Å². The van der Waals surface area contributed by atoms with Gasteiger partial charge < -0.3 is 9.47 Å². The molecule has 1 saturated heterocycles. The number of nitro groups is 1. The maximum absolute atomic E-state index is 12.8. The average Bonchev–Trinajstić information content (AvgIpc) is 3.07. The lowest BCUT2D eigenvalue weighted by Crippen LogP contribution is -2.25. The predicted molar refractivity (Wildman–Crippen MR) is 95.6 cm³/mol. The van der Waals surface area contributed by atoms with E-state index in [0.717, 1.165) is 12.1 Å². The topological polar surface area (TPSA) is 128 Å². The van der Waals surface area contributed by atoms with E-state index in [1.165, 1.54) is 24.1 Å². The van der Waals surface area contributed by atoms with Crippen LogP contribution in [0.5, 0.6) is 5.75 Å². The first-order valence-electron chi connectivity index (χ1n) is 7.72. The molecule has 0 aliphatic carbocycles. The molecule has 11 heteroatoms. The molecule has 27 heavy (non-hydrogen) atoms. The molecule has 0 unspecified atom stereocenters. The van der Waals surface area contributed by atoms with Gasteiger partial charge in [0.15, 0.2) is 4.90 Å². The van der Waals surface area contributed by atoms with Crippen molar-refractivity contribution in [3.63, 3.8) is 0 Å². The summed E-state index contributed by atoms with van der Waals surface area (Å²) >= 11 is 0. The van der Waals surface area contributed by atoms with E-state index in [-0.39, 0.29) is 24.6 Å². The normalized spacial score (nSPS) is 14.0. The van der Waals surface area contributed by atoms with Gasteiger partial charge in [-0.15, -0.1) is 0 Å². The molecule has 0 aromatic heterocycles. The summed E-state index contributed by atoms with van der Waals surface area (Å²) in [6.07, 6.45) is -0.600. The Hall–Kier alpha value is -3.34. The zero-order valence-corrected chi connectivity index (χ0v) is 14.9. The third-order valence-electron chi connectivity index (χ3n) is 3.85. The van der Waals surface area contributed by atoms with Crippen molar-refractivity contribution in [3.05, 3.63) is 52.6 Å². The molecular weight excluding hydrogens is 378 g/mol. The van der Waals surface area contributed by atoms with E-state index in [0.29, 0.717) is 5.69 Å². The van der Waals surface area contributed by atoms with Crippen LogP contribution in [0, 0.1) is 10.1 Å². The first-order valence-corrected chi connectivity index (χ1v) is 9.20. The van der Waals surface area contributed by atoms with Crippen molar-refractivity contribution in [2.75, 3.05) is 29.9 Å². The highest BCUT2D eigenvalue weighted by molar-refractivity contribution is 7.92. The number of nitro benzene ring substituents is 1. The van der Waals surface area contributed by atoms with E-state index in [1.54, 1.807) is 18.2 Å². The van der Waals surface area contributed by atoms with Gasteiger partial charge in [-0.3, -0.25) is 19.7 Å². The fourth-order valence-electron chi connectivity index (χ4n) is 2.60. The van der Waals surface area contributed by atoms with Crippen LogP contribution < -0.4 is 14.4 Å². The number of methoxy groups -OCH3 is 1. The van der Waals surface area contributed by atoms with E-state index in [2.05, 4.69) is 4.72 Å². The van der Waals surface area contributed by atoms with Gasteiger partial charge in [0.05, 0.1) is 36.0 Å². The van der Waals surface area contributed by atoms with Crippen LogP contribution in [0.1, 0.15) is 0 Å². The largest absolute Gasteiger partial charge is 0.497 e. The molecule has 1 aliphatic heterocycles. The van der Waals surface area contributed by atoms with Gasteiger partial charge in [-0.25, -0.2) is 13.2 Å². The molecule has 2 aromatic rings. The second-order valence-corrected chi connectivity index (χ2v) is 7.13. The Kier molecular flexibility index (Phi) is 4.86. The summed E-state index contributed by atoms with van der Waals surface area (Å²) in [7, 11) is -2.99. The van der Waals surface area contributed by atoms with Crippen LogP contribution in [0.15, 0.2) is 47.4 Å². The quantitative estimate of drug-likeness (QED) is 0.589. The van der Waals surface area contributed by atoms with Crippen LogP contribution >= 0.6 is 0 Å². The lowest BCUT2D eigenvalue weighted by Gasteiger charge is -2.18. The second kappa shape index (κ2) is 7.11. The van der Waals surface area contributed by atoms with Crippen LogP contribution in [-0.4, -0.2) is 39.7 Å². The molecule has 10 nitrogen and oxygen atoms in total. The number of sulfonamides is 1. The smallest absolute Gasteiger partial charge is 0.414 e. The van der Waals surface area contributed by atoms with Crippen molar-refractivity contribution < 1.29 is 27.6 Å². The number of amides is 1. The molecule has 1 N–H and O–H groups in total. The molecule has 1 heterocycles. The van der Waals surface area contributed by atoms with Crippen LogP contribution in [0.4, 0.5) is 21.9 Å². The number of carbonyl (C=O) groups is 1. The molecule has 0 atom stereocenters. The van der Waals surface area contributed by atoms with Gasteiger partial charge in [-0.1, -0.05) is 12.1 Å². The third kappa shape index (κ3) is 3.62. The zero-order valence-electron chi connectivity index (χ0n) is 14.1. The van der Waals surface area contributed by atoms with Crippen LogP contribution in [-0.2, 0) is 14.8 Å². The lowest BCUT2D eigenvalue weighted by molar-refractivity contribution is -0.387. The van der Waals surface area contributed by atoms with Crippen molar-refractivity contribution in [3.8, 4) is 5.75 Å². The molecule has 1 fully saturated rings. The highest BCUT2D eigenvalue weighted by Gasteiger charge is 2.30. The fourth-order valence-corrected chi connectivity index (χ4v) is 3.83. The minimum Gasteiger partial charge on any atom is -0.497 e. The van der Waals surface area contributed by atoms with Gasteiger partial charge in [0.1, 0.15) is 12.4 Å². The number of para-hydroxylation sites is 2. The standard InChI is InChI=1S/C16H15N3O7S/c1-25-11-6-7-15(14(10-11)19(21)22)27(23,24)17-12-4-2-3-5-13(12)18-8-9-26-16(18)20/h2-7,10,17H,8-9H2,1H3. The molecular formula is C16H15N3O7S. The van der Waals surface area contributed by atoms with Crippen LogP contribution in [0.2, 0.25) is 0 Å². The molecule has 0 radical (unpaired) electrons. The molecule has 3 rings (SSSR count). The third-order valence-corrected chi connectivity index (χ3v) is 5.27. The lowest BCUT2D eigenvalue weighted by atomic mass is 10.2. The molecule has 0 spiro atoms. The number of anilines is 2. The van der Waals surface area contributed by atoms with Gasteiger partial charge in [0.2, 0.25) is 0 Å². The number of cyclic esters (lactones) is 1. The number of carbonyl (C=O) groups excluding carboxylic acids is 1. The Bertz CT molecular complexity index is 1010. The summed E-state index contributed by atoms with van der Waals surface area (Å²) in [5.74, 6) is 0.154. The van der Waals surface area contributed by atoms with E-state index < -0.39 is 31.6 Å². The minimum atomic E-state index is -4.31. The Labute approximate surface area is 154 Å². The Morgan fingerprint density at radius 1 is 1.26 bits per heavy atom. The van der Waals surface area contributed by atoms with Crippen LogP contribution in [0.25, 0.3) is 0 Å². The maximum atomic E-state index is 12.8.